The fourth-order valence-corrected chi connectivity index (χ4v) is 5.57. The van der Waals surface area contributed by atoms with Crippen LogP contribution < -0.4 is 5.32 Å². The van der Waals surface area contributed by atoms with Gasteiger partial charge in [-0.25, -0.2) is 9.13 Å². The molecule has 0 saturated carbocycles. The number of hydrogen-bond acceptors (Lipinski definition) is 22. The van der Waals surface area contributed by atoms with E-state index < -0.39 is 153 Å². The Labute approximate surface area is 283 Å². The third kappa shape index (κ3) is 15.2. The van der Waals surface area contributed by atoms with Crippen LogP contribution in [-0.2, 0) is 41.5 Å². The molecule has 1 fully saturated rings. The molecule has 0 aliphatic carbocycles. The molecule has 1 amide bonds. The minimum absolute atomic E-state index is 0.820. The van der Waals surface area contributed by atoms with Crippen molar-refractivity contribution in [3.8, 4) is 0 Å². The van der Waals surface area contributed by atoms with Gasteiger partial charge in [0, 0.05) is 6.92 Å². The van der Waals surface area contributed by atoms with Crippen molar-refractivity contribution in [3.05, 3.63) is 0 Å². The summed E-state index contributed by atoms with van der Waals surface area (Å²) in [5, 5.41) is 129. The number of nitrogens with one attached hydrogen (secondary N) is 1. The topological polar surface area (TPSA) is 422 Å². The van der Waals surface area contributed by atoms with Gasteiger partial charge in [0.1, 0.15) is 79.3 Å². The lowest BCUT2D eigenvalue weighted by atomic mass is 9.96. The van der Waals surface area contributed by atoms with Crippen LogP contribution in [0.1, 0.15) is 6.92 Å². The summed E-state index contributed by atoms with van der Waals surface area (Å²) >= 11 is 0. The second-order valence-corrected chi connectivity index (χ2v) is 13.8. The first-order chi connectivity index (χ1) is 23.1. The second-order valence-electron chi connectivity index (χ2n) is 10.9. The van der Waals surface area contributed by atoms with Crippen molar-refractivity contribution >= 4 is 21.6 Å². The number of rotatable bonds is 24. The van der Waals surface area contributed by atoms with Crippen molar-refractivity contribution in [2.45, 2.75) is 92.5 Å². The molecule has 50 heavy (non-hydrogen) atoms. The van der Waals surface area contributed by atoms with E-state index in [0.717, 1.165) is 6.92 Å². The number of ether oxygens (including phenoxy) is 2. The molecule has 1 aliphatic heterocycles. The fraction of sp³-hybridized carbons (Fsp3) is 0.957. The van der Waals surface area contributed by atoms with Crippen molar-refractivity contribution < 1.29 is 118 Å². The van der Waals surface area contributed by atoms with Gasteiger partial charge in [0.2, 0.25) is 5.91 Å². The van der Waals surface area contributed by atoms with E-state index in [4.69, 9.17) is 19.7 Å². The van der Waals surface area contributed by atoms with Gasteiger partial charge in [-0.3, -0.25) is 22.9 Å². The predicted molar refractivity (Wildman–Crippen MR) is 156 cm³/mol. The third-order valence-electron chi connectivity index (χ3n) is 6.89. The average Bonchev–Trinajstić information content (AvgIpc) is 3.07. The van der Waals surface area contributed by atoms with E-state index in [2.05, 4.69) is 23.4 Å². The maximum absolute atomic E-state index is 12.3. The lowest BCUT2D eigenvalue weighted by molar-refractivity contribution is -0.299. The van der Waals surface area contributed by atoms with Crippen molar-refractivity contribution in [3.63, 3.8) is 0 Å². The molecular formula is C23H47NO24P2. The standard InChI is InChI=1S/C23H47NO24P2/c1-9(28)24-17-21(38)20(37)16(4-27)47-23(17)48-22(14(33)7-45-49(39,40)43-5-12(31)18(35)10(29)2-25)15(34)8-46-50(41,42)44-6-13(32)19(36)11(30)3-26/h10-23,25-27,29-38H,2-8H2,1H3,(H,24,28)(H,39,40)(H,41,42)/t10-,11-,12-,13+,14+,15-,16+,17+,18-,19-,20+,21+,22?,23-/m0/s1. The quantitative estimate of drug-likeness (QED) is 0.0404. The fourth-order valence-electron chi connectivity index (χ4n) is 4.05. The average molecular weight is 784 g/mol. The van der Waals surface area contributed by atoms with Gasteiger partial charge in [0.25, 0.3) is 0 Å². The zero-order chi connectivity index (χ0) is 38.6. The lowest BCUT2D eigenvalue weighted by Gasteiger charge is -2.44. The Bertz CT molecular complexity index is 1040. The molecule has 0 spiro atoms. The van der Waals surface area contributed by atoms with E-state index in [1.54, 1.807) is 0 Å². The van der Waals surface area contributed by atoms with Crippen LogP contribution in [0.15, 0.2) is 0 Å². The molecule has 27 heteroatoms. The van der Waals surface area contributed by atoms with Crippen LogP contribution in [0.25, 0.3) is 0 Å². The molecule has 0 bridgehead atoms. The molecule has 16 atom stereocenters. The Morgan fingerprint density at radius 1 is 0.680 bits per heavy atom. The first kappa shape index (κ1) is 47.1. The molecule has 25 nitrogen and oxygen atoms in total. The molecule has 1 aliphatic rings. The molecule has 0 radical (unpaired) electrons. The molecule has 298 valence electrons. The molecule has 16 N–H and O–H groups in total. The largest absolute Gasteiger partial charge is 0.472 e. The molecule has 0 aromatic carbocycles. The van der Waals surface area contributed by atoms with Crippen LogP contribution in [0.5, 0.6) is 0 Å². The van der Waals surface area contributed by atoms with E-state index in [-0.39, 0.29) is 0 Å². The number of phosphoric acid groups is 2. The summed E-state index contributed by atoms with van der Waals surface area (Å²) in [6.07, 6.45) is -25.9. The monoisotopic (exact) mass is 783 g/mol. The van der Waals surface area contributed by atoms with Crippen LogP contribution in [0, 0.1) is 0 Å². The van der Waals surface area contributed by atoms with Crippen LogP contribution in [0.3, 0.4) is 0 Å². The minimum atomic E-state index is -5.25. The first-order valence-corrected chi connectivity index (χ1v) is 17.5. The highest BCUT2D eigenvalue weighted by molar-refractivity contribution is 7.47. The molecule has 3 unspecified atom stereocenters. The van der Waals surface area contributed by atoms with Gasteiger partial charge in [-0.1, -0.05) is 0 Å². The highest BCUT2D eigenvalue weighted by atomic mass is 31.2. The predicted octanol–water partition coefficient (Wildman–Crippen LogP) is -8.55. The van der Waals surface area contributed by atoms with Crippen molar-refractivity contribution in [2.24, 2.45) is 0 Å². The Morgan fingerprint density at radius 2 is 1.06 bits per heavy atom. The Balaban J connectivity index is 3.17. The maximum atomic E-state index is 12.3. The van der Waals surface area contributed by atoms with E-state index in [0.29, 0.717) is 0 Å². The molecule has 1 heterocycles. The summed E-state index contributed by atoms with van der Waals surface area (Å²) in [4.78, 5) is 31.7. The summed E-state index contributed by atoms with van der Waals surface area (Å²) in [5.41, 5.74) is 0. The van der Waals surface area contributed by atoms with Crippen molar-refractivity contribution in [1.29, 1.82) is 0 Å². The number of aliphatic hydroxyl groups is 13. The zero-order valence-corrected chi connectivity index (χ0v) is 28.1. The first-order valence-electron chi connectivity index (χ1n) is 14.6. The van der Waals surface area contributed by atoms with Crippen LogP contribution in [0.4, 0.5) is 0 Å². The number of hydrogen-bond donors (Lipinski definition) is 16. The minimum Gasteiger partial charge on any atom is -0.394 e. The highest BCUT2D eigenvalue weighted by Crippen LogP contribution is 2.45. The summed E-state index contributed by atoms with van der Waals surface area (Å²) in [6.45, 7) is -6.90. The summed E-state index contributed by atoms with van der Waals surface area (Å²) in [7, 11) is -10.5. The zero-order valence-electron chi connectivity index (χ0n) is 26.3. The normalized spacial score (nSPS) is 29.3. The number of carbonyl (C=O) groups is 1. The molecular weight excluding hydrogens is 736 g/mol. The lowest BCUT2D eigenvalue weighted by Crippen LogP contribution is -2.66. The van der Waals surface area contributed by atoms with Crippen LogP contribution in [-0.4, -0.2) is 214 Å². The third-order valence-corrected chi connectivity index (χ3v) is 8.79. The van der Waals surface area contributed by atoms with Gasteiger partial charge in [0.15, 0.2) is 6.29 Å². The highest BCUT2D eigenvalue weighted by Gasteiger charge is 2.48. The van der Waals surface area contributed by atoms with E-state index >= 15 is 0 Å². The van der Waals surface area contributed by atoms with Gasteiger partial charge in [0.05, 0.1) is 46.2 Å². The Kier molecular flexibility index (Phi) is 20.5. The van der Waals surface area contributed by atoms with Crippen LogP contribution >= 0.6 is 15.6 Å². The second kappa shape index (κ2) is 21.7. The number of phosphoric ester groups is 2. The maximum Gasteiger partial charge on any atom is 0.472 e. The molecule has 1 saturated heterocycles. The van der Waals surface area contributed by atoms with Gasteiger partial charge >= 0.3 is 15.6 Å². The smallest absolute Gasteiger partial charge is 0.394 e. The molecule has 0 aromatic heterocycles. The van der Waals surface area contributed by atoms with E-state index in [1.807, 2.05) is 0 Å². The Hall–Kier alpha value is -0.910. The number of aliphatic hydroxyl groups excluding tert-OH is 13. The summed E-state index contributed by atoms with van der Waals surface area (Å²) < 4.78 is 53.7. The number of amides is 1. The van der Waals surface area contributed by atoms with Gasteiger partial charge in [-0.2, -0.15) is 0 Å². The SMILES string of the molecule is CC(=O)N[C@H]1[C@H](OC([C@H](O)COP(=O)(O)OC[C@H](O)[C@@H](O)[C@@H](O)CO)[C@@H](O)COP(=O)(O)OC[C@@H](O)[C@@H](O)[C@@H](O)CO)O[C@H](CO)[C@@H](O)[C@@H]1O. The van der Waals surface area contributed by atoms with E-state index in [9.17, 15) is 79.9 Å². The van der Waals surface area contributed by atoms with Crippen molar-refractivity contribution in [2.75, 3.05) is 46.2 Å². The van der Waals surface area contributed by atoms with Gasteiger partial charge < -0.3 is 91.0 Å². The Morgan fingerprint density at radius 3 is 1.40 bits per heavy atom. The molecule has 1 rings (SSSR count). The number of carbonyl (C=O) groups excluding carboxylic acids is 1. The summed E-state index contributed by atoms with van der Waals surface area (Å²) in [5.74, 6) is -0.820. The van der Waals surface area contributed by atoms with Gasteiger partial charge in [-0.05, 0) is 0 Å². The van der Waals surface area contributed by atoms with E-state index in [1.165, 1.54) is 0 Å². The molecule has 0 aromatic rings. The van der Waals surface area contributed by atoms with Gasteiger partial charge in [-0.15, -0.1) is 0 Å². The van der Waals surface area contributed by atoms with Crippen LogP contribution in [0.2, 0.25) is 0 Å². The van der Waals surface area contributed by atoms with Crippen molar-refractivity contribution in [1.82, 2.24) is 5.32 Å². The summed E-state index contributed by atoms with van der Waals surface area (Å²) in [6, 6.07) is -1.68.